The van der Waals surface area contributed by atoms with Crippen molar-refractivity contribution in [1.82, 2.24) is 15.1 Å². The number of amides is 1. The fourth-order valence-corrected chi connectivity index (χ4v) is 2.78. The van der Waals surface area contributed by atoms with Crippen LogP contribution >= 0.6 is 0 Å². The number of rotatable bonds is 9. The van der Waals surface area contributed by atoms with Crippen molar-refractivity contribution in [2.45, 2.75) is 39.8 Å². The maximum Gasteiger partial charge on any atom is 0.328 e. The van der Waals surface area contributed by atoms with Gasteiger partial charge in [-0.3, -0.25) is 24.4 Å². The minimum absolute atomic E-state index is 0.137. The number of benzene rings is 1. The van der Waals surface area contributed by atoms with E-state index in [9.17, 15) is 19.7 Å². The Labute approximate surface area is 167 Å². The van der Waals surface area contributed by atoms with Gasteiger partial charge in [0.1, 0.15) is 23.7 Å². The second-order valence-electron chi connectivity index (χ2n) is 6.46. The van der Waals surface area contributed by atoms with Crippen LogP contribution in [0, 0.1) is 24.0 Å². The molecule has 0 unspecified atom stereocenters. The average Bonchev–Trinajstić information content (AvgIpc) is 2.95. The van der Waals surface area contributed by atoms with Gasteiger partial charge in [-0.25, -0.2) is 0 Å². The quantitative estimate of drug-likeness (QED) is 0.383. The zero-order valence-corrected chi connectivity index (χ0v) is 16.8. The Kier molecular flexibility index (Phi) is 7.29. The number of aromatic nitrogens is 2. The van der Waals surface area contributed by atoms with Crippen LogP contribution in [0.3, 0.4) is 0 Å². The summed E-state index contributed by atoms with van der Waals surface area (Å²) in [5.74, 6) is -0.374. The van der Waals surface area contributed by atoms with Gasteiger partial charge < -0.3 is 14.8 Å². The zero-order chi connectivity index (χ0) is 21.6. The summed E-state index contributed by atoms with van der Waals surface area (Å²) in [5, 5.41) is 17.7. The van der Waals surface area contributed by atoms with Crippen molar-refractivity contribution in [3.63, 3.8) is 0 Å². The number of nitrogens with one attached hydrogen (secondary N) is 1. The van der Waals surface area contributed by atoms with Gasteiger partial charge in [0.25, 0.3) is 5.91 Å². The van der Waals surface area contributed by atoms with Crippen LogP contribution in [-0.2, 0) is 27.3 Å². The number of hydrogen-bond acceptors (Lipinski definition) is 7. The van der Waals surface area contributed by atoms with Crippen LogP contribution in [0.25, 0.3) is 0 Å². The monoisotopic (exact) mass is 404 g/mol. The number of ether oxygens (including phenoxy) is 2. The van der Waals surface area contributed by atoms with Crippen molar-refractivity contribution in [3.05, 3.63) is 51.3 Å². The van der Waals surface area contributed by atoms with Crippen molar-refractivity contribution < 1.29 is 24.0 Å². The molecule has 0 aliphatic carbocycles. The summed E-state index contributed by atoms with van der Waals surface area (Å²) in [7, 11) is 1.59. The summed E-state index contributed by atoms with van der Waals surface area (Å²) in [6.45, 7) is 4.53. The largest absolute Gasteiger partial charge is 0.497 e. The number of hydrogen-bond donors (Lipinski definition) is 1. The molecule has 156 valence electrons. The number of carbonyl (C=O) groups is 2. The van der Waals surface area contributed by atoms with Gasteiger partial charge >= 0.3 is 11.7 Å². The summed E-state index contributed by atoms with van der Waals surface area (Å²) in [5.41, 5.74) is 1.36. The number of aryl methyl sites for hydroxylation is 1. The van der Waals surface area contributed by atoms with Crippen molar-refractivity contribution in [2.75, 3.05) is 13.7 Å². The molecule has 0 aliphatic rings. The number of methoxy groups -OCH3 is 1. The molecule has 1 aromatic heterocycles. The predicted octanol–water partition coefficient (Wildman–Crippen LogP) is 1.71. The van der Waals surface area contributed by atoms with E-state index < -0.39 is 22.9 Å². The van der Waals surface area contributed by atoms with Crippen molar-refractivity contribution in [3.8, 4) is 5.75 Å². The van der Waals surface area contributed by atoms with E-state index in [4.69, 9.17) is 9.47 Å². The fourth-order valence-electron chi connectivity index (χ4n) is 2.78. The first-order chi connectivity index (χ1) is 13.7. The Balaban J connectivity index is 1.81. The van der Waals surface area contributed by atoms with Gasteiger partial charge in [0.15, 0.2) is 6.10 Å². The molecule has 10 heteroatoms. The molecule has 10 nitrogen and oxygen atoms in total. The molecule has 2 aromatic rings. The van der Waals surface area contributed by atoms with Crippen LogP contribution in [0.4, 0.5) is 5.69 Å². The van der Waals surface area contributed by atoms with Gasteiger partial charge in [-0.05, 0) is 44.9 Å². The molecule has 1 aromatic carbocycles. The van der Waals surface area contributed by atoms with Gasteiger partial charge in [0.2, 0.25) is 0 Å². The molecule has 0 saturated carbocycles. The Hall–Kier alpha value is -3.43. The van der Waals surface area contributed by atoms with E-state index in [1.807, 2.05) is 24.3 Å². The van der Waals surface area contributed by atoms with Crippen LogP contribution in [0.2, 0.25) is 0 Å². The Morgan fingerprint density at radius 3 is 2.48 bits per heavy atom. The second-order valence-corrected chi connectivity index (χ2v) is 6.46. The van der Waals surface area contributed by atoms with E-state index in [0.717, 1.165) is 11.3 Å². The number of nitrogens with zero attached hydrogens (tertiary/aromatic N) is 3. The molecular weight excluding hydrogens is 380 g/mol. The minimum Gasteiger partial charge on any atom is -0.497 e. The molecule has 0 aliphatic heterocycles. The van der Waals surface area contributed by atoms with Gasteiger partial charge in [-0.2, -0.15) is 5.10 Å². The standard InChI is InChI=1S/C19H24N4O6/c1-12-18(23(26)27)13(2)22(21-12)11-17(24)29-14(3)19(25)20-10-9-15-5-7-16(28-4)8-6-15/h5-8,14H,9-11H2,1-4H3,(H,20,25)/t14-/m1/s1. The molecule has 0 spiro atoms. The summed E-state index contributed by atoms with van der Waals surface area (Å²) in [6, 6.07) is 7.49. The van der Waals surface area contributed by atoms with Crippen LogP contribution < -0.4 is 10.1 Å². The molecule has 0 bridgehead atoms. The SMILES string of the molecule is COc1ccc(CCNC(=O)[C@@H](C)OC(=O)Cn2nc(C)c([N+](=O)[O-])c2C)cc1. The highest BCUT2D eigenvalue weighted by Gasteiger charge is 2.24. The van der Waals surface area contributed by atoms with E-state index in [-0.39, 0.29) is 23.6 Å². The lowest BCUT2D eigenvalue weighted by Crippen LogP contribution is -2.37. The average molecular weight is 404 g/mol. The molecule has 2 rings (SSSR count). The molecule has 29 heavy (non-hydrogen) atoms. The summed E-state index contributed by atoms with van der Waals surface area (Å²) in [6.07, 6.45) is -0.378. The second kappa shape index (κ2) is 9.67. The Morgan fingerprint density at radius 2 is 1.93 bits per heavy atom. The van der Waals surface area contributed by atoms with Gasteiger partial charge in [-0.1, -0.05) is 12.1 Å². The third-order valence-corrected chi connectivity index (χ3v) is 4.35. The molecular formula is C19H24N4O6. The van der Waals surface area contributed by atoms with Crippen molar-refractivity contribution in [2.24, 2.45) is 0 Å². The molecule has 0 fully saturated rings. The highest BCUT2D eigenvalue weighted by molar-refractivity contribution is 5.83. The van der Waals surface area contributed by atoms with Crippen molar-refractivity contribution in [1.29, 1.82) is 0 Å². The van der Waals surface area contributed by atoms with Crippen LogP contribution in [0.1, 0.15) is 23.9 Å². The van der Waals surface area contributed by atoms with Gasteiger partial charge in [0, 0.05) is 6.54 Å². The van der Waals surface area contributed by atoms with Crippen LogP contribution in [0.5, 0.6) is 5.75 Å². The molecule has 0 radical (unpaired) electrons. The summed E-state index contributed by atoms with van der Waals surface area (Å²) in [4.78, 5) is 34.7. The molecule has 1 heterocycles. The lowest BCUT2D eigenvalue weighted by atomic mass is 10.1. The lowest BCUT2D eigenvalue weighted by Gasteiger charge is -2.14. The third-order valence-electron chi connectivity index (χ3n) is 4.35. The lowest BCUT2D eigenvalue weighted by molar-refractivity contribution is -0.386. The van der Waals surface area contributed by atoms with Crippen molar-refractivity contribution >= 4 is 17.6 Å². The van der Waals surface area contributed by atoms with E-state index in [0.29, 0.717) is 13.0 Å². The highest BCUT2D eigenvalue weighted by Crippen LogP contribution is 2.21. The zero-order valence-electron chi connectivity index (χ0n) is 16.8. The minimum atomic E-state index is -0.995. The van der Waals surface area contributed by atoms with Gasteiger partial charge in [-0.15, -0.1) is 0 Å². The molecule has 1 amide bonds. The third kappa shape index (κ3) is 5.77. The van der Waals surface area contributed by atoms with Gasteiger partial charge in [0.05, 0.1) is 12.0 Å². The number of esters is 1. The first kappa shape index (κ1) is 21.9. The first-order valence-electron chi connectivity index (χ1n) is 9.01. The normalized spacial score (nSPS) is 11.6. The Bertz CT molecular complexity index is 891. The number of nitro groups is 1. The topological polar surface area (TPSA) is 126 Å². The van der Waals surface area contributed by atoms with E-state index in [1.165, 1.54) is 25.5 Å². The highest BCUT2D eigenvalue weighted by atomic mass is 16.6. The van der Waals surface area contributed by atoms with E-state index in [1.54, 1.807) is 7.11 Å². The fraction of sp³-hybridized carbons (Fsp3) is 0.421. The smallest absolute Gasteiger partial charge is 0.328 e. The van der Waals surface area contributed by atoms with E-state index in [2.05, 4.69) is 10.4 Å². The maximum atomic E-state index is 12.1. The number of carbonyl (C=O) groups excluding carboxylic acids is 2. The summed E-state index contributed by atoms with van der Waals surface area (Å²) >= 11 is 0. The predicted molar refractivity (Wildman–Crippen MR) is 104 cm³/mol. The molecule has 1 atom stereocenters. The molecule has 0 saturated heterocycles. The maximum absolute atomic E-state index is 12.1. The summed E-state index contributed by atoms with van der Waals surface area (Å²) < 4.78 is 11.4. The van der Waals surface area contributed by atoms with Crippen LogP contribution in [0.15, 0.2) is 24.3 Å². The Morgan fingerprint density at radius 1 is 1.28 bits per heavy atom. The van der Waals surface area contributed by atoms with Crippen LogP contribution in [-0.4, -0.2) is 46.3 Å². The van der Waals surface area contributed by atoms with E-state index >= 15 is 0 Å². The molecule has 1 N–H and O–H groups in total. The first-order valence-corrected chi connectivity index (χ1v) is 9.01.